The number of hydrogen-bond acceptors (Lipinski definition) is 6. The molecule has 4 rings (SSSR count). The number of halogens is 1. The number of nitrogens with one attached hydrogen (secondary N) is 1. The number of ether oxygens (including phenoxy) is 2. The Morgan fingerprint density at radius 3 is 2.28 bits per heavy atom. The molecule has 0 heterocycles. The fraction of sp³-hybridized carbons (Fsp3) is 0.375. The van der Waals surface area contributed by atoms with Gasteiger partial charge in [-0.3, -0.25) is 13.9 Å². The van der Waals surface area contributed by atoms with Gasteiger partial charge in [-0.05, 0) is 61.7 Å². The number of hydrogen-bond donors (Lipinski definition) is 1. The molecule has 1 unspecified atom stereocenters. The fourth-order valence-corrected chi connectivity index (χ4v) is 7.09. The average molecular weight is 673 g/mol. The number of anilines is 1. The Balaban J connectivity index is 1.68. The first-order chi connectivity index (χ1) is 20.6. The van der Waals surface area contributed by atoms with Crippen molar-refractivity contribution in [2.75, 3.05) is 25.1 Å². The summed E-state index contributed by atoms with van der Waals surface area (Å²) in [6.45, 7) is 1.29. The zero-order valence-corrected chi connectivity index (χ0v) is 27.1. The minimum Gasteiger partial charge on any atom is -0.493 e. The first-order valence-electron chi connectivity index (χ1n) is 14.3. The van der Waals surface area contributed by atoms with Crippen molar-refractivity contribution < 1.29 is 27.5 Å². The van der Waals surface area contributed by atoms with Crippen LogP contribution in [0.3, 0.4) is 0 Å². The van der Waals surface area contributed by atoms with Crippen LogP contribution < -0.4 is 19.1 Å². The minimum absolute atomic E-state index is 0.0663. The number of benzene rings is 3. The zero-order chi connectivity index (χ0) is 31.0. The number of para-hydroxylation sites is 1. The van der Waals surface area contributed by atoms with Gasteiger partial charge in [0.2, 0.25) is 11.8 Å². The summed E-state index contributed by atoms with van der Waals surface area (Å²) in [7, 11) is -1.36. The van der Waals surface area contributed by atoms with Crippen molar-refractivity contribution in [2.24, 2.45) is 0 Å². The van der Waals surface area contributed by atoms with Crippen LogP contribution in [0.4, 0.5) is 5.69 Å². The van der Waals surface area contributed by atoms with Crippen molar-refractivity contribution in [3.63, 3.8) is 0 Å². The molecule has 1 N–H and O–H groups in total. The smallest absolute Gasteiger partial charge is 0.264 e. The number of carbonyl (C=O) groups excluding carboxylic acids is 2. The van der Waals surface area contributed by atoms with E-state index in [0.717, 1.165) is 46.4 Å². The topological polar surface area (TPSA) is 105 Å². The predicted molar refractivity (Wildman–Crippen MR) is 170 cm³/mol. The van der Waals surface area contributed by atoms with E-state index in [9.17, 15) is 18.0 Å². The number of amides is 2. The van der Waals surface area contributed by atoms with Crippen LogP contribution in [0.15, 0.2) is 82.2 Å². The van der Waals surface area contributed by atoms with E-state index >= 15 is 0 Å². The van der Waals surface area contributed by atoms with Crippen LogP contribution in [0.2, 0.25) is 0 Å². The second kappa shape index (κ2) is 14.7. The summed E-state index contributed by atoms with van der Waals surface area (Å²) in [6.07, 6.45) is 5.08. The van der Waals surface area contributed by atoms with Crippen LogP contribution in [0.25, 0.3) is 0 Å². The van der Waals surface area contributed by atoms with Crippen molar-refractivity contribution >= 4 is 43.5 Å². The lowest BCUT2D eigenvalue weighted by Crippen LogP contribution is -2.53. The maximum atomic E-state index is 14.1. The van der Waals surface area contributed by atoms with Gasteiger partial charge in [0, 0.05) is 23.1 Å². The Labute approximate surface area is 262 Å². The van der Waals surface area contributed by atoms with Crippen LogP contribution in [-0.4, -0.2) is 58.0 Å². The Morgan fingerprint density at radius 1 is 0.930 bits per heavy atom. The van der Waals surface area contributed by atoms with Crippen molar-refractivity contribution in [2.45, 2.75) is 62.6 Å². The lowest BCUT2D eigenvalue weighted by atomic mass is 9.95. The van der Waals surface area contributed by atoms with Gasteiger partial charge in [-0.1, -0.05) is 65.5 Å². The van der Waals surface area contributed by atoms with Crippen molar-refractivity contribution in [3.05, 3.63) is 82.8 Å². The third-order valence-electron chi connectivity index (χ3n) is 7.63. The third-order valence-corrected chi connectivity index (χ3v) is 9.89. The second-order valence-electron chi connectivity index (χ2n) is 10.5. The molecule has 230 valence electrons. The zero-order valence-electron chi connectivity index (χ0n) is 24.7. The van der Waals surface area contributed by atoms with Crippen LogP contribution >= 0.6 is 15.9 Å². The van der Waals surface area contributed by atoms with E-state index in [0.29, 0.717) is 11.4 Å². The number of sulfonamides is 1. The Bertz CT molecular complexity index is 1510. The van der Waals surface area contributed by atoms with Gasteiger partial charge in [-0.15, -0.1) is 0 Å². The molecule has 0 saturated heterocycles. The Kier molecular flexibility index (Phi) is 11.1. The lowest BCUT2D eigenvalue weighted by Gasteiger charge is -2.33. The molecule has 0 radical (unpaired) electrons. The van der Waals surface area contributed by atoms with Crippen LogP contribution in [0, 0.1) is 0 Å². The highest BCUT2D eigenvalue weighted by molar-refractivity contribution is 9.10. The van der Waals surface area contributed by atoms with Gasteiger partial charge in [0.1, 0.15) is 12.6 Å². The average Bonchev–Trinajstić information content (AvgIpc) is 3.02. The maximum absolute atomic E-state index is 14.1. The highest BCUT2D eigenvalue weighted by atomic mass is 79.9. The van der Waals surface area contributed by atoms with Gasteiger partial charge in [0.05, 0.1) is 24.8 Å². The molecule has 0 aromatic heterocycles. The first-order valence-corrected chi connectivity index (χ1v) is 16.5. The summed E-state index contributed by atoms with van der Waals surface area (Å²) in [4.78, 5) is 29.0. The molecule has 1 saturated carbocycles. The Hall–Kier alpha value is -3.57. The molecule has 2 amide bonds. The minimum atomic E-state index is -4.25. The van der Waals surface area contributed by atoms with Gasteiger partial charge in [0.25, 0.3) is 10.0 Å². The van der Waals surface area contributed by atoms with Crippen LogP contribution in [-0.2, 0) is 26.2 Å². The molecule has 1 atom stereocenters. The molecule has 43 heavy (non-hydrogen) atoms. The standard InChI is InChI=1S/C32H38BrN3O6S/c1-23(32(38)34-26-13-6-4-7-14-26)35(21-24-11-10-12-25(33)19-24)31(37)22-36(27-15-8-5-9-16-27)43(39,40)28-17-18-29(41-2)30(20-28)42-3/h5,8-12,15-20,23,26H,4,6-7,13-14,21-22H2,1-3H3,(H,34,38). The van der Waals surface area contributed by atoms with Gasteiger partial charge in [-0.25, -0.2) is 8.42 Å². The molecule has 1 aliphatic rings. The first kappa shape index (κ1) is 32.3. The van der Waals surface area contributed by atoms with E-state index in [4.69, 9.17) is 9.47 Å². The van der Waals surface area contributed by atoms with Gasteiger partial charge in [0.15, 0.2) is 11.5 Å². The molecule has 3 aromatic rings. The van der Waals surface area contributed by atoms with Crippen molar-refractivity contribution in [1.82, 2.24) is 10.2 Å². The molecule has 0 aliphatic heterocycles. The van der Waals surface area contributed by atoms with Gasteiger partial charge in [-0.2, -0.15) is 0 Å². The van der Waals surface area contributed by atoms with E-state index < -0.39 is 28.5 Å². The van der Waals surface area contributed by atoms with E-state index in [2.05, 4.69) is 21.2 Å². The van der Waals surface area contributed by atoms with Crippen molar-refractivity contribution in [1.29, 1.82) is 0 Å². The molecular weight excluding hydrogens is 634 g/mol. The number of nitrogens with zero attached hydrogens (tertiary/aromatic N) is 2. The SMILES string of the molecule is COc1ccc(S(=O)(=O)N(CC(=O)N(Cc2cccc(Br)c2)C(C)C(=O)NC2CCCCC2)c2ccccc2)cc1OC. The molecule has 11 heteroatoms. The number of carbonyl (C=O) groups is 2. The lowest BCUT2D eigenvalue weighted by molar-refractivity contribution is -0.139. The summed E-state index contributed by atoms with van der Waals surface area (Å²) in [5.74, 6) is -0.155. The summed E-state index contributed by atoms with van der Waals surface area (Å²) in [5.41, 5.74) is 1.11. The summed E-state index contributed by atoms with van der Waals surface area (Å²) >= 11 is 3.48. The van der Waals surface area contributed by atoms with Crippen LogP contribution in [0.5, 0.6) is 11.5 Å². The highest BCUT2D eigenvalue weighted by Crippen LogP contribution is 2.32. The van der Waals surface area contributed by atoms with Gasteiger partial charge < -0.3 is 19.7 Å². The molecule has 1 fully saturated rings. The summed E-state index contributed by atoms with van der Waals surface area (Å²) in [5, 5.41) is 3.12. The number of methoxy groups -OCH3 is 2. The normalized spacial score (nSPS) is 14.4. The third kappa shape index (κ3) is 8.08. The molecule has 1 aliphatic carbocycles. The van der Waals surface area contributed by atoms with E-state index in [1.807, 2.05) is 24.3 Å². The highest BCUT2D eigenvalue weighted by Gasteiger charge is 2.33. The second-order valence-corrected chi connectivity index (χ2v) is 13.3. The summed E-state index contributed by atoms with van der Waals surface area (Å²) in [6, 6.07) is 19.4. The van der Waals surface area contributed by atoms with E-state index in [1.165, 1.54) is 37.3 Å². The maximum Gasteiger partial charge on any atom is 0.264 e. The fourth-order valence-electron chi connectivity index (χ4n) is 5.21. The number of rotatable bonds is 12. The Morgan fingerprint density at radius 2 is 1.63 bits per heavy atom. The van der Waals surface area contributed by atoms with Gasteiger partial charge >= 0.3 is 0 Å². The predicted octanol–water partition coefficient (Wildman–Crippen LogP) is 5.53. The molecule has 9 nitrogen and oxygen atoms in total. The van der Waals surface area contributed by atoms with E-state index in [-0.39, 0.29) is 29.1 Å². The van der Waals surface area contributed by atoms with E-state index in [1.54, 1.807) is 37.3 Å². The quantitative estimate of drug-likeness (QED) is 0.272. The molecule has 3 aromatic carbocycles. The monoisotopic (exact) mass is 671 g/mol. The largest absolute Gasteiger partial charge is 0.493 e. The molecular formula is C32H38BrN3O6S. The van der Waals surface area contributed by atoms with Crippen molar-refractivity contribution in [3.8, 4) is 11.5 Å². The summed E-state index contributed by atoms with van der Waals surface area (Å²) < 4.78 is 40.7. The molecule has 0 spiro atoms. The molecule has 0 bridgehead atoms. The van der Waals surface area contributed by atoms with Crippen LogP contribution in [0.1, 0.15) is 44.6 Å².